The van der Waals surface area contributed by atoms with E-state index in [1.807, 2.05) is 22.6 Å². The summed E-state index contributed by atoms with van der Waals surface area (Å²) < 4.78 is 93.1. The molecule has 0 bridgehead atoms. The maximum absolute atomic E-state index is 13.5. The zero-order valence-electron chi connectivity index (χ0n) is 18.2. The predicted octanol–water partition coefficient (Wildman–Crippen LogP) is 6.60. The molecule has 3 aromatic rings. The van der Waals surface area contributed by atoms with Crippen molar-refractivity contribution >= 4 is 28.6 Å². The first kappa shape index (κ1) is 26.4. The Morgan fingerprint density at radius 1 is 0.750 bits per heavy atom. The van der Waals surface area contributed by atoms with Crippen LogP contribution in [-0.2, 0) is 37.8 Å². The lowest BCUT2D eigenvalue weighted by Gasteiger charge is -2.45. The Labute approximate surface area is 215 Å². The van der Waals surface area contributed by atoms with Gasteiger partial charge in [0.15, 0.2) is 0 Å². The molecule has 4 nitrogen and oxygen atoms in total. The van der Waals surface area contributed by atoms with Crippen LogP contribution in [0.3, 0.4) is 0 Å². The van der Waals surface area contributed by atoms with E-state index >= 15 is 0 Å². The number of carboxylic acids is 1. The number of rotatable bonds is 4. The minimum Gasteiger partial charge on any atom is -0.477 e. The second kappa shape index (κ2) is 9.34. The minimum absolute atomic E-state index is 0.0294. The van der Waals surface area contributed by atoms with Gasteiger partial charge < -0.3 is 14.6 Å². The second-order valence-electron chi connectivity index (χ2n) is 8.25. The number of aliphatic carboxylic acids is 1. The van der Waals surface area contributed by atoms with Gasteiger partial charge in [-0.15, -0.1) is 0 Å². The molecule has 1 aliphatic rings. The lowest BCUT2D eigenvalue weighted by atomic mass is 9.74. The molecule has 4 rings (SSSR count). The van der Waals surface area contributed by atoms with Crippen molar-refractivity contribution in [3.05, 3.63) is 104 Å². The molecule has 0 amide bonds. The van der Waals surface area contributed by atoms with Gasteiger partial charge >= 0.3 is 18.3 Å². The Bertz CT molecular complexity index is 1200. The van der Waals surface area contributed by atoms with Crippen LogP contribution in [0.1, 0.15) is 27.8 Å². The van der Waals surface area contributed by atoms with E-state index in [0.29, 0.717) is 0 Å². The van der Waals surface area contributed by atoms with Crippen LogP contribution in [0, 0.1) is 3.57 Å². The average molecular weight is 622 g/mol. The highest BCUT2D eigenvalue weighted by molar-refractivity contribution is 14.1. The topological polar surface area (TPSA) is 55.8 Å². The van der Waals surface area contributed by atoms with E-state index in [0.717, 1.165) is 40.0 Å². The Kier molecular flexibility index (Phi) is 6.86. The fraction of sp³-hybridized carbons (Fsp3) is 0.240. The Morgan fingerprint density at radius 2 is 1.19 bits per heavy atom. The van der Waals surface area contributed by atoms with Gasteiger partial charge in [0.25, 0.3) is 5.79 Å². The molecule has 0 saturated carbocycles. The van der Waals surface area contributed by atoms with Gasteiger partial charge in [-0.1, -0.05) is 48.5 Å². The first-order valence-electron chi connectivity index (χ1n) is 10.4. The third-order valence-corrected chi connectivity index (χ3v) is 6.75. The molecule has 1 heterocycles. The van der Waals surface area contributed by atoms with Gasteiger partial charge in [0, 0.05) is 9.13 Å². The zero-order chi connectivity index (χ0) is 26.4. The van der Waals surface area contributed by atoms with Crippen LogP contribution in [0.15, 0.2) is 72.8 Å². The lowest BCUT2D eigenvalue weighted by Crippen LogP contribution is -2.54. The molecule has 0 aliphatic carbocycles. The van der Waals surface area contributed by atoms with Gasteiger partial charge in [-0.25, -0.2) is 4.79 Å². The van der Waals surface area contributed by atoms with Crippen LogP contribution in [-0.4, -0.2) is 24.3 Å². The maximum Gasteiger partial charge on any atom is 0.416 e. The highest BCUT2D eigenvalue weighted by atomic mass is 127. The fourth-order valence-corrected chi connectivity index (χ4v) is 4.46. The first-order valence-corrected chi connectivity index (χ1v) is 11.5. The van der Waals surface area contributed by atoms with Crippen molar-refractivity contribution in [1.82, 2.24) is 0 Å². The van der Waals surface area contributed by atoms with E-state index in [2.05, 4.69) is 0 Å². The Hall–Kier alpha value is -2.64. The molecule has 190 valence electrons. The SMILES string of the molecule is O=C(O)C1(c2ccc(I)cc2)OCC(c2cccc(C(F)(F)F)c2)(c2cccc(C(F)(F)F)c2)CO1. The highest BCUT2D eigenvalue weighted by Gasteiger charge is 2.53. The number of benzene rings is 3. The van der Waals surface area contributed by atoms with Crippen molar-refractivity contribution in [1.29, 1.82) is 0 Å². The van der Waals surface area contributed by atoms with E-state index in [9.17, 15) is 36.2 Å². The molecule has 0 unspecified atom stereocenters. The number of hydrogen-bond acceptors (Lipinski definition) is 3. The molecule has 36 heavy (non-hydrogen) atoms. The van der Waals surface area contributed by atoms with Crippen molar-refractivity contribution in [2.45, 2.75) is 23.6 Å². The average Bonchev–Trinajstić information content (AvgIpc) is 2.83. The van der Waals surface area contributed by atoms with Crippen LogP contribution in [0.2, 0.25) is 0 Å². The maximum atomic E-state index is 13.5. The highest BCUT2D eigenvalue weighted by Crippen LogP contribution is 2.45. The number of alkyl halides is 6. The van der Waals surface area contributed by atoms with Gasteiger partial charge in [0.2, 0.25) is 0 Å². The van der Waals surface area contributed by atoms with E-state index in [-0.39, 0.29) is 16.7 Å². The summed E-state index contributed by atoms with van der Waals surface area (Å²) in [6.07, 6.45) is -9.43. The summed E-state index contributed by atoms with van der Waals surface area (Å²) in [7, 11) is 0. The first-order chi connectivity index (χ1) is 16.8. The standard InChI is InChI=1S/C25H17F6IO4/c26-24(27,28)18-5-1-3-16(11-18)22(17-4-2-6-19(12-17)25(29,30)31)13-35-23(21(33)34,36-14-22)15-7-9-20(32)10-8-15/h1-12H,13-14H2,(H,33,34). The summed E-state index contributed by atoms with van der Waals surface area (Å²) >= 11 is 2.02. The molecule has 1 saturated heterocycles. The molecule has 0 spiro atoms. The molecule has 1 N–H and O–H groups in total. The smallest absolute Gasteiger partial charge is 0.416 e. The van der Waals surface area contributed by atoms with E-state index < -0.39 is 53.9 Å². The molecule has 0 radical (unpaired) electrons. The number of hydrogen-bond donors (Lipinski definition) is 1. The van der Waals surface area contributed by atoms with E-state index in [1.165, 1.54) is 24.3 Å². The van der Waals surface area contributed by atoms with Gasteiger partial charge in [0.05, 0.1) is 29.8 Å². The molecule has 0 aromatic heterocycles. The van der Waals surface area contributed by atoms with Crippen LogP contribution >= 0.6 is 22.6 Å². The third kappa shape index (κ3) is 4.83. The van der Waals surface area contributed by atoms with Gasteiger partial charge in [-0.05, 0) is 58.0 Å². The largest absolute Gasteiger partial charge is 0.477 e. The van der Waals surface area contributed by atoms with E-state index in [4.69, 9.17) is 9.47 Å². The summed E-state index contributed by atoms with van der Waals surface area (Å²) in [5.74, 6) is -3.80. The molecule has 1 aliphatic heterocycles. The van der Waals surface area contributed by atoms with Crippen molar-refractivity contribution in [2.24, 2.45) is 0 Å². The van der Waals surface area contributed by atoms with Gasteiger partial charge in [-0.3, -0.25) is 0 Å². The van der Waals surface area contributed by atoms with Crippen molar-refractivity contribution < 1.29 is 45.7 Å². The normalized spacial score (nSPS) is 17.5. The van der Waals surface area contributed by atoms with Crippen LogP contribution in [0.5, 0.6) is 0 Å². The fourth-order valence-electron chi connectivity index (χ4n) is 4.10. The molecule has 3 aromatic carbocycles. The Morgan fingerprint density at radius 3 is 1.58 bits per heavy atom. The molecule has 1 fully saturated rings. The minimum atomic E-state index is -4.71. The zero-order valence-corrected chi connectivity index (χ0v) is 20.3. The third-order valence-electron chi connectivity index (χ3n) is 6.03. The number of carbonyl (C=O) groups is 1. The summed E-state index contributed by atoms with van der Waals surface area (Å²) in [6, 6.07) is 14.4. The summed E-state index contributed by atoms with van der Waals surface area (Å²) in [5, 5.41) is 9.98. The van der Waals surface area contributed by atoms with Crippen LogP contribution in [0.4, 0.5) is 26.3 Å². The number of halogens is 7. The van der Waals surface area contributed by atoms with Crippen molar-refractivity contribution in [3.8, 4) is 0 Å². The monoisotopic (exact) mass is 622 g/mol. The summed E-state index contributed by atoms with van der Waals surface area (Å²) in [4.78, 5) is 12.3. The van der Waals surface area contributed by atoms with Crippen LogP contribution in [0.25, 0.3) is 0 Å². The lowest BCUT2D eigenvalue weighted by molar-refractivity contribution is -0.287. The second-order valence-corrected chi connectivity index (χ2v) is 9.49. The van der Waals surface area contributed by atoms with Gasteiger partial charge in [-0.2, -0.15) is 26.3 Å². The predicted molar refractivity (Wildman–Crippen MR) is 124 cm³/mol. The summed E-state index contributed by atoms with van der Waals surface area (Å²) in [5.41, 5.74) is -3.63. The van der Waals surface area contributed by atoms with E-state index in [1.54, 1.807) is 12.1 Å². The Balaban J connectivity index is 1.86. The molecule has 11 heteroatoms. The van der Waals surface area contributed by atoms with Crippen molar-refractivity contribution in [2.75, 3.05) is 13.2 Å². The quantitative estimate of drug-likeness (QED) is 0.263. The van der Waals surface area contributed by atoms with Crippen molar-refractivity contribution in [3.63, 3.8) is 0 Å². The molecular formula is C25H17F6IO4. The molecule has 0 atom stereocenters. The number of ether oxygens (including phenoxy) is 2. The van der Waals surface area contributed by atoms with Crippen LogP contribution < -0.4 is 0 Å². The summed E-state index contributed by atoms with van der Waals surface area (Å²) in [6.45, 7) is -1.12. The van der Waals surface area contributed by atoms with Gasteiger partial charge in [0.1, 0.15) is 0 Å². The molecular weight excluding hydrogens is 605 g/mol. The number of carboxylic acid groups (broad SMARTS) is 1.